The molecule has 2 aromatic heterocycles. The summed E-state index contributed by atoms with van der Waals surface area (Å²) in [6.45, 7) is 4.18. The molecule has 1 fully saturated rings. The van der Waals surface area contributed by atoms with Gasteiger partial charge in [-0.3, -0.25) is 9.69 Å². The van der Waals surface area contributed by atoms with E-state index in [1.165, 1.54) is 17.7 Å². The summed E-state index contributed by atoms with van der Waals surface area (Å²) in [5.74, 6) is 1.91. The first kappa shape index (κ1) is 18.2. The van der Waals surface area contributed by atoms with Gasteiger partial charge in [0, 0.05) is 24.5 Å². The number of carbonyl (C=O) groups is 1. The van der Waals surface area contributed by atoms with E-state index < -0.39 is 0 Å². The fourth-order valence-electron chi connectivity index (χ4n) is 3.55. The second-order valence-corrected chi connectivity index (χ2v) is 8.25. The van der Waals surface area contributed by atoms with Crippen molar-refractivity contribution in [3.63, 3.8) is 0 Å². The first-order chi connectivity index (χ1) is 12.1. The highest BCUT2D eigenvalue weighted by Gasteiger charge is 2.26. The Morgan fingerprint density at radius 3 is 2.64 bits per heavy atom. The van der Waals surface area contributed by atoms with Gasteiger partial charge in [-0.1, -0.05) is 13.0 Å². The molecule has 5 heteroatoms. The summed E-state index contributed by atoms with van der Waals surface area (Å²) in [6, 6.07) is 8.45. The van der Waals surface area contributed by atoms with Crippen LogP contribution < -0.4 is 0 Å². The zero-order valence-corrected chi connectivity index (χ0v) is 16.0. The SMILES string of the molecule is CC1CCC(N(C)C(=O)CN(Cc2ccco2)Cc2cccs2)CC1. The van der Waals surface area contributed by atoms with Gasteiger partial charge in [-0.05, 0) is 55.2 Å². The summed E-state index contributed by atoms with van der Waals surface area (Å²) < 4.78 is 5.49. The normalized spacial score (nSPS) is 20.8. The van der Waals surface area contributed by atoms with E-state index in [4.69, 9.17) is 4.42 Å². The number of rotatable bonds is 7. The van der Waals surface area contributed by atoms with Gasteiger partial charge in [0.15, 0.2) is 0 Å². The molecule has 3 rings (SSSR count). The molecular weight excluding hydrogens is 332 g/mol. The second kappa shape index (κ2) is 8.68. The molecule has 0 aliphatic heterocycles. The molecule has 136 valence electrons. The molecule has 0 unspecified atom stereocenters. The minimum absolute atomic E-state index is 0.211. The average Bonchev–Trinajstić information content (AvgIpc) is 3.29. The Bertz CT molecular complexity index is 594. The number of carbonyl (C=O) groups excluding carboxylic acids is 1. The Hall–Kier alpha value is -1.59. The van der Waals surface area contributed by atoms with Crippen LogP contribution in [0.25, 0.3) is 0 Å². The minimum atomic E-state index is 0.211. The lowest BCUT2D eigenvalue weighted by Crippen LogP contribution is -2.44. The van der Waals surface area contributed by atoms with Crippen LogP contribution >= 0.6 is 11.3 Å². The molecule has 1 aliphatic carbocycles. The number of furan rings is 1. The lowest BCUT2D eigenvalue weighted by atomic mass is 9.87. The van der Waals surface area contributed by atoms with Gasteiger partial charge in [-0.15, -0.1) is 11.3 Å². The molecular formula is C20H28N2O2S. The lowest BCUT2D eigenvalue weighted by molar-refractivity contribution is -0.134. The summed E-state index contributed by atoms with van der Waals surface area (Å²) in [7, 11) is 1.97. The number of likely N-dealkylation sites (N-methyl/N-ethyl adjacent to an activating group) is 1. The summed E-state index contributed by atoms with van der Waals surface area (Å²) in [5.41, 5.74) is 0. The topological polar surface area (TPSA) is 36.7 Å². The van der Waals surface area contributed by atoms with Crippen molar-refractivity contribution in [3.8, 4) is 0 Å². The fourth-order valence-corrected chi connectivity index (χ4v) is 4.30. The smallest absolute Gasteiger partial charge is 0.236 e. The number of nitrogens with zero attached hydrogens (tertiary/aromatic N) is 2. The van der Waals surface area contributed by atoms with Gasteiger partial charge in [0.1, 0.15) is 5.76 Å². The van der Waals surface area contributed by atoms with Crippen molar-refractivity contribution in [1.82, 2.24) is 9.80 Å². The van der Waals surface area contributed by atoms with Crippen molar-refractivity contribution in [2.75, 3.05) is 13.6 Å². The Morgan fingerprint density at radius 2 is 2.00 bits per heavy atom. The maximum Gasteiger partial charge on any atom is 0.236 e. The monoisotopic (exact) mass is 360 g/mol. The summed E-state index contributed by atoms with van der Waals surface area (Å²) in [6.07, 6.45) is 6.41. The van der Waals surface area contributed by atoms with Gasteiger partial charge in [0.2, 0.25) is 5.91 Å². The van der Waals surface area contributed by atoms with E-state index in [9.17, 15) is 4.79 Å². The third kappa shape index (κ3) is 5.19. The summed E-state index contributed by atoms with van der Waals surface area (Å²) in [5, 5.41) is 2.08. The number of amides is 1. The largest absolute Gasteiger partial charge is 0.468 e. The zero-order chi connectivity index (χ0) is 17.6. The molecule has 1 aliphatic rings. The van der Waals surface area contributed by atoms with Crippen molar-refractivity contribution in [2.24, 2.45) is 5.92 Å². The molecule has 4 nitrogen and oxygen atoms in total. The quantitative estimate of drug-likeness (QED) is 0.735. The van der Waals surface area contributed by atoms with E-state index in [1.54, 1.807) is 17.6 Å². The van der Waals surface area contributed by atoms with Crippen molar-refractivity contribution in [2.45, 2.75) is 51.7 Å². The second-order valence-electron chi connectivity index (χ2n) is 7.22. The number of thiophene rings is 1. The zero-order valence-electron chi connectivity index (χ0n) is 15.2. The minimum Gasteiger partial charge on any atom is -0.468 e. The van der Waals surface area contributed by atoms with Crippen LogP contribution in [0.5, 0.6) is 0 Å². The molecule has 2 heterocycles. The van der Waals surface area contributed by atoms with E-state index in [0.29, 0.717) is 19.1 Å². The van der Waals surface area contributed by atoms with Crippen molar-refractivity contribution in [1.29, 1.82) is 0 Å². The molecule has 0 bridgehead atoms. The van der Waals surface area contributed by atoms with Crippen LogP contribution in [0.3, 0.4) is 0 Å². The molecule has 0 radical (unpaired) electrons. The number of hydrogen-bond acceptors (Lipinski definition) is 4. The predicted molar refractivity (Wildman–Crippen MR) is 101 cm³/mol. The van der Waals surface area contributed by atoms with Gasteiger partial charge >= 0.3 is 0 Å². The predicted octanol–water partition coefficient (Wildman–Crippen LogP) is 4.38. The van der Waals surface area contributed by atoms with Crippen LogP contribution in [0.15, 0.2) is 40.3 Å². The van der Waals surface area contributed by atoms with Crippen LogP contribution in [-0.2, 0) is 17.9 Å². The Kier molecular flexibility index (Phi) is 6.32. The molecule has 0 N–H and O–H groups in total. The average molecular weight is 361 g/mol. The van der Waals surface area contributed by atoms with E-state index in [1.807, 2.05) is 24.1 Å². The summed E-state index contributed by atoms with van der Waals surface area (Å²) >= 11 is 1.73. The van der Waals surface area contributed by atoms with Crippen LogP contribution in [0.4, 0.5) is 0 Å². The maximum atomic E-state index is 12.8. The molecule has 25 heavy (non-hydrogen) atoms. The van der Waals surface area contributed by atoms with Gasteiger partial charge in [-0.25, -0.2) is 0 Å². The Morgan fingerprint density at radius 1 is 1.20 bits per heavy atom. The summed E-state index contributed by atoms with van der Waals surface area (Å²) in [4.78, 5) is 18.3. The van der Waals surface area contributed by atoms with Crippen molar-refractivity contribution in [3.05, 3.63) is 46.5 Å². The highest BCUT2D eigenvalue weighted by atomic mass is 32.1. The molecule has 2 aromatic rings. The van der Waals surface area contributed by atoms with Crippen LogP contribution in [0.1, 0.15) is 43.2 Å². The van der Waals surface area contributed by atoms with Crippen molar-refractivity contribution < 1.29 is 9.21 Å². The fraction of sp³-hybridized carbons (Fsp3) is 0.550. The van der Waals surface area contributed by atoms with E-state index >= 15 is 0 Å². The van der Waals surface area contributed by atoms with Crippen LogP contribution in [-0.4, -0.2) is 35.3 Å². The number of hydrogen-bond donors (Lipinski definition) is 0. The van der Waals surface area contributed by atoms with Crippen molar-refractivity contribution >= 4 is 17.2 Å². The Labute approximate surface area is 154 Å². The molecule has 0 atom stereocenters. The molecule has 0 saturated heterocycles. The van der Waals surface area contributed by atoms with Gasteiger partial charge in [-0.2, -0.15) is 0 Å². The van der Waals surface area contributed by atoms with Crippen LogP contribution in [0, 0.1) is 5.92 Å². The molecule has 0 aromatic carbocycles. The highest BCUT2D eigenvalue weighted by Crippen LogP contribution is 2.26. The molecule has 1 amide bonds. The maximum absolute atomic E-state index is 12.8. The molecule has 0 spiro atoms. The van der Waals surface area contributed by atoms with Gasteiger partial charge in [0.05, 0.1) is 19.4 Å². The first-order valence-electron chi connectivity index (χ1n) is 9.14. The van der Waals surface area contributed by atoms with Gasteiger partial charge < -0.3 is 9.32 Å². The first-order valence-corrected chi connectivity index (χ1v) is 10.0. The lowest BCUT2D eigenvalue weighted by Gasteiger charge is -2.34. The van der Waals surface area contributed by atoms with Gasteiger partial charge in [0.25, 0.3) is 0 Å². The van der Waals surface area contributed by atoms with E-state index in [2.05, 4.69) is 29.3 Å². The molecule has 1 saturated carbocycles. The highest BCUT2D eigenvalue weighted by molar-refractivity contribution is 7.09. The van der Waals surface area contributed by atoms with E-state index in [0.717, 1.165) is 31.1 Å². The third-order valence-corrected chi connectivity index (χ3v) is 6.07. The standard InChI is InChI=1S/C20H28N2O2S/c1-16-7-9-17(10-8-16)21(2)20(23)15-22(13-18-5-3-11-24-18)14-19-6-4-12-25-19/h3-6,11-12,16-17H,7-10,13-15H2,1-2H3. The third-order valence-electron chi connectivity index (χ3n) is 5.20. The van der Waals surface area contributed by atoms with Crippen LogP contribution in [0.2, 0.25) is 0 Å². The van der Waals surface area contributed by atoms with E-state index in [-0.39, 0.29) is 5.91 Å². The Balaban J connectivity index is 1.60.